The maximum atomic E-state index is 11.7. The van der Waals surface area contributed by atoms with Crippen molar-refractivity contribution in [2.24, 2.45) is 11.7 Å². The Bertz CT molecular complexity index is 361. The fourth-order valence-electron chi connectivity index (χ4n) is 1.73. The van der Waals surface area contributed by atoms with E-state index in [1.807, 2.05) is 6.92 Å². The average Bonchev–Trinajstić information content (AvgIpc) is 2.41. The third kappa shape index (κ3) is 4.70. The second kappa shape index (κ2) is 8.16. The summed E-state index contributed by atoms with van der Waals surface area (Å²) >= 11 is 1.73. The molecule has 4 heteroatoms. The van der Waals surface area contributed by atoms with Crippen LogP contribution in [0.2, 0.25) is 0 Å². The molecular weight excluding hydrogens is 244 g/mol. The van der Waals surface area contributed by atoms with Crippen molar-refractivity contribution in [2.45, 2.75) is 24.7 Å². The molecule has 1 aromatic rings. The molecule has 0 bridgehead atoms. The fraction of sp³-hybridized carbons (Fsp3) is 0.500. The fourth-order valence-corrected chi connectivity index (χ4v) is 2.13. The van der Waals surface area contributed by atoms with E-state index in [0.29, 0.717) is 13.1 Å². The summed E-state index contributed by atoms with van der Waals surface area (Å²) in [5.74, 6) is 0.0181. The molecule has 3 nitrogen and oxygen atoms in total. The summed E-state index contributed by atoms with van der Waals surface area (Å²) in [6.45, 7) is 3.08. The van der Waals surface area contributed by atoms with Gasteiger partial charge in [0.2, 0.25) is 5.91 Å². The summed E-state index contributed by atoms with van der Waals surface area (Å²) in [5.41, 5.74) is 6.78. The molecule has 0 fully saturated rings. The van der Waals surface area contributed by atoms with Gasteiger partial charge in [0.05, 0.1) is 0 Å². The monoisotopic (exact) mass is 266 g/mol. The van der Waals surface area contributed by atoms with Crippen molar-refractivity contribution in [3.8, 4) is 0 Å². The summed E-state index contributed by atoms with van der Waals surface area (Å²) in [4.78, 5) is 13.0. The van der Waals surface area contributed by atoms with Crippen molar-refractivity contribution in [3.63, 3.8) is 0 Å². The number of hydrogen-bond acceptors (Lipinski definition) is 3. The largest absolute Gasteiger partial charge is 0.355 e. The molecule has 3 N–H and O–H groups in total. The van der Waals surface area contributed by atoms with Gasteiger partial charge in [-0.1, -0.05) is 19.1 Å². The zero-order valence-electron chi connectivity index (χ0n) is 11.1. The topological polar surface area (TPSA) is 55.1 Å². The van der Waals surface area contributed by atoms with Gasteiger partial charge in [-0.3, -0.25) is 4.79 Å². The maximum Gasteiger partial charge on any atom is 0.224 e. The van der Waals surface area contributed by atoms with Crippen LogP contribution in [0.15, 0.2) is 29.2 Å². The van der Waals surface area contributed by atoms with E-state index in [9.17, 15) is 4.79 Å². The lowest BCUT2D eigenvalue weighted by atomic mass is 10.1. The molecule has 0 heterocycles. The normalized spacial score (nSPS) is 12.2. The molecule has 0 spiro atoms. The van der Waals surface area contributed by atoms with Gasteiger partial charge < -0.3 is 11.1 Å². The Kier molecular flexibility index (Phi) is 6.83. The highest BCUT2D eigenvalue weighted by molar-refractivity contribution is 7.98. The van der Waals surface area contributed by atoms with Crippen LogP contribution in [-0.4, -0.2) is 25.3 Å². The number of nitrogens with one attached hydrogen (secondary N) is 1. The number of hydrogen-bond donors (Lipinski definition) is 2. The van der Waals surface area contributed by atoms with E-state index >= 15 is 0 Å². The predicted octanol–water partition coefficient (Wildman–Crippen LogP) is 2.05. The SMILES string of the molecule is CCC(CN)C(=O)NCCc1ccc(SC)cc1. The lowest BCUT2D eigenvalue weighted by Crippen LogP contribution is -2.35. The summed E-state index contributed by atoms with van der Waals surface area (Å²) in [6.07, 6.45) is 3.72. The molecule has 1 aromatic carbocycles. The van der Waals surface area contributed by atoms with E-state index in [-0.39, 0.29) is 11.8 Å². The third-order valence-corrected chi connectivity index (χ3v) is 3.76. The van der Waals surface area contributed by atoms with Gasteiger partial charge in [0.15, 0.2) is 0 Å². The molecule has 1 rings (SSSR count). The van der Waals surface area contributed by atoms with Gasteiger partial charge in [0, 0.05) is 23.9 Å². The van der Waals surface area contributed by atoms with E-state index in [4.69, 9.17) is 5.73 Å². The van der Waals surface area contributed by atoms with Crippen LogP contribution >= 0.6 is 11.8 Å². The van der Waals surface area contributed by atoms with E-state index in [0.717, 1.165) is 12.8 Å². The zero-order valence-corrected chi connectivity index (χ0v) is 11.9. The number of carbonyl (C=O) groups is 1. The molecule has 0 radical (unpaired) electrons. The van der Waals surface area contributed by atoms with Gasteiger partial charge in [-0.05, 0) is 36.8 Å². The molecule has 18 heavy (non-hydrogen) atoms. The minimum absolute atomic E-state index is 0.0520. The Morgan fingerprint density at radius 1 is 1.39 bits per heavy atom. The first-order valence-corrected chi connectivity index (χ1v) is 7.54. The number of carbonyl (C=O) groups excluding carboxylic acids is 1. The molecule has 0 aliphatic carbocycles. The van der Waals surface area contributed by atoms with Crippen molar-refractivity contribution in [3.05, 3.63) is 29.8 Å². The standard InChI is InChI=1S/C14H22N2OS/c1-3-12(10-15)14(17)16-9-8-11-4-6-13(18-2)7-5-11/h4-7,12H,3,8-10,15H2,1-2H3,(H,16,17). The van der Waals surface area contributed by atoms with Crippen molar-refractivity contribution in [1.82, 2.24) is 5.32 Å². The Balaban J connectivity index is 2.34. The average molecular weight is 266 g/mol. The van der Waals surface area contributed by atoms with Gasteiger partial charge >= 0.3 is 0 Å². The molecule has 0 aliphatic heterocycles. The Morgan fingerprint density at radius 2 is 2.06 bits per heavy atom. The van der Waals surface area contributed by atoms with E-state index < -0.39 is 0 Å². The first-order chi connectivity index (χ1) is 8.71. The highest BCUT2D eigenvalue weighted by Crippen LogP contribution is 2.14. The van der Waals surface area contributed by atoms with E-state index in [2.05, 4.69) is 35.8 Å². The molecule has 100 valence electrons. The summed E-state index contributed by atoms with van der Waals surface area (Å²) in [5, 5.41) is 2.94. The van der Waals surface area contributed by atoms with Crippen LogP contribution in [-0.2, 0) is 11.2 Å². The molecule has 1 unspecified atom stereocenters. The highest BCUT2D eigenvalue weighted by Gasteiger charge is 2.13. The minimum atomic E-state index is -0.0520. The Hall–Kier alpha value is -1.00. The number of thioether (sulfide) groups is 1. The van der Waals surface area contributed by atoms with Gasteiger partial charge in [-0.2, -0.15) is 0 Å². The van der Waals surface area contributed by atoms with E-state index in [1.165, 1.54) is 10.5 Å². The quantitative estimate of drug-likeness (QED) is 0.743. The van der Waals surface area contributed by atoms with Crippen LogP contribution < -0.4 is 11.1 Å². The summed E-state index contributed by atoms with van der Waals surface area (Å²) in [6, 6.07) is 8.43. The van der Waals surface area contributed by atoms with Crippen molar-refractivity contribution >= 4 is 17.7 Å². The van der Waals surface area contributed by atoms with Crippen molar-refractivity contribution in [2.75, 3.05) is 19.3 Å². The zero-order chi connectivity index (χ0) is 13.4. The van der Waals surface area contributed by atoms with Crippen molar-refractivity contribution < 1.29 is 4.79 Å². The molecule has 0 aliphatic rings. The van der Waals surface area contributed by atoms with Gasteiger partial charge in [-0.15, -0.1) is 11.8 Å². The first-order valence-electron chi connectivity index (χ1n) is 6.32. The second-order valence-corrected chi connectivity index (χ2v) is 5.11. The van der Waals surface area contributed by atoms with Gasteiger partial charge in [0.1, 0.15) is 0 Å². The first kappa shape index (κ1) is 15.1. The minimum Gasteiger partial charge on any atom is -0.355 e. The van der Waals surface area contributed by atoms with Gasteiger partial charge in [-0.25, -0.2) is 0 Å². The van der Waals surface area contributed by atoms with Crippen LogP contribution in [0.1, 0.15) is 18.9 Å². The number of rotatable bonds is 7. The van der Waals surface area contributed by atoms with Crippen LogP contribution in [0.3, 0.4) is 0 Å². The second-order valence-electron chi connectivity index (χ2n) is 4.23. The number of benzene rings is 1. The molecule has 0 aromatic heterocycles. The van der Waals surface area contributed by atoms with Crippen LogP contribution in [0.4, 0.5) is 0 Å². The maximum absolute atomic E-state index is 11.7. The Morgan fingerprint density at radius 3 is 2.56 bits per heavy atom. The molecule has 1 atom stereocenters. The number of nitrogens with two attached hydrogens (primary N) is 1. The molecule has 0 saturated carbocycles. The lowest BCUT2D eigenvalue weighted by Gasteiger charge is -2.12. The van der Waals surface area contributed by atoms with Crippen LogP contribution in [0, 0.1) is 5.92 Å². The lowest BCUT2D eigenvalue weighted by molar-refractivity contribution is -0.124. The highest BCUT2D eigenvalue weighted by atomic mass is 32.2. The molecule has 1 amide bonds. The summed E-state index contributed by atoms with van der Waals surface area (Å²) < 4.78 is 0. The smallest absolute Gasteiger partial charge is 0.224 e. The Labute approximate surface area is 114 Å². The molecular formula is C14H22N2OS. The predicted molar refractivity (Wildman–Crippen MR) is 77.8 cm³/mol. The number of amides is 1. The van der Waals surface area contributed by atoms with E-state index in [1.54, 1.807) is 11.8 Å². The van der Waals surface area contributed by atoms with Crippen LogP contribution in [0.25, 0.3) is 0 Å². The summed E-state index contributed by atoms with van der Waals surface area (Å²) in [7, 11) is 0. The third-order valence-electron chi connectivity index (χ3n) is 3.02. The molecule has 0 saturated heterocycles. The van der Waals surface area contributed by atoms with Crippen molar-refractivity contribution in [1.29, 1.82) is 0 Å². The van der Waals surface area contributed by atoms with Crippen LogP contribution in [0.5, 0.6) is 0 Å². The van der Waals surface area contributed by atoms with Gasteiger partial charge in [0.25, 0.3) is 0 Å².